The Hall–Kier alpha value is -0.100. The van der Waals surface area contributed by atoms with Crippen molar-refractivity contribution in [2.24, 2.45) is 5.73 Å². The third-order valence-corrected chi connectivity index (χ3v) is 5.21. The first-order valence-corrected chi connectivity index (χ1v) is 8.56. The Kier molecular flexibility index (Phi) is 6.12. The van der Waals surface area contributed by atoms with E-state index in [4.69, 9.17) is 28.9 Å². The van der Waals surface area contributed by atoms with E-state index in [1.807, 2.05) is 24.3 Å². The number of nitrogens with two attached hydrogens (primary N) is 1. The molecular weight excluding hydrogens is 441 g/mol. The molecular formula is C15H13Br2Cl2NO. The molecule has 0 amide bonds. The largest absolute Gasteiger partial charge is 0.388 e. The number of halogens is 4. The summed E-state index contributed by atoms with van der Waals surface area (Å²) >= 11 is 18.8. The van der Waals surface area contributed by atoms with Gasteiger partial charge in [-0.15, -0.1) is 0 Å². The van der Waals surface area contributed by atoms with Crippen molar-refractivity contribution in [1.82, 2.24) is 0 Å². The van der Waals surface area contributed by atoms with E-state index in [-0.39, 0.29) is 5.92 Å². The van der Waals surface area contributed by atoms with Crippen molar-refractivity contribution in [2.75, 3.05) is 6.54 Å². The van der Waals surface area contributed by atoms with E-state index in [2.05, 4.69) is 31.9 Å². The zero-order valence-electron chi connectivity index (χ0n) is 10.9. The second kappa shape index (κ2) is 7.44. The highest BCUT2D eigenvalue weighted by molar-refractivity contribution is 9.11. The molecule has 2 aromatic rings. The first-order valence-electron chi connectivity index (χ1n) is 6.22. The monoisotopic (exact) mass is 451 g/mol. The standard InChI is InChI=1S/C15H13Br2Cl2NO/c16-9-2-3-10(12(17)6-9)15(21)11(7-20)8-1-4-13(18)14(19)5-8/h1-6,11,15,21H,7,20H2. The Bertz CT molecular complexity index is 652. The van der Waals surface area contributed by atoms with E-state index in [1.54, 1.807) is 12.1 Å². The molecule has 0 aliphatic heterocycles. The molecule has 0 saturated carbocycles. The Balaban J connectivity index is 2.37. The third kappa shape index (κ3) is 4.01. The van der Waals surface area contributed by atoms with Gasteiger partial charge >= 0.3 is 0 Å². The number of hydrogen-bond donors (Lipinski definition) is 2. The van der Waals surface area contributed by atoms with Crippen LogP contribution in [0.15, 0.2) is 45.3 Å². The quantitative estimate of drug-likeness (QED) is 0.660. The van der Waals surface area contributed by atoms with Crippen molar-refractivity contribution in [3.05, 3.63) is 66.5 Å². The van der Waals surface area contributed by atoms with Crippen LogP contribution in [0, 0.1) is 0 Å². The van der Waals surface area contributed by atoms with Gasteiger partial charge in [0.25, 0.3) is 0 Å². The normalized spacial score (nSPS) is 14.0. The lowest BCUT2D eigenvalue weighted by Crippen LogP contribution is -2.20. The summed E-state index contributed by atoms with van der Waals surface area (Å²) in [5.41, 5.74) is 7.48. The minimum Gasteiger partial charge on any atom is -0.388 e. The van der Waals surface area contributed by atoms with Crippen LogP contribution in [0.3, 0.4) is 0 Å². The second-order valence-electron chi connectivity index (χ2n) is 4.63. The predicted octanol–water partition coefficient (Wildman–Crippen LogP) is 5.29. The molecule has 0 aromatic heterocycles. The summed E-state index contributed by atoms with van der Waals surface area (Å²) in [5, 5.41) is 11.6. The molecule has 0 saturated heterocycles. The minimum absolute atomic E-state index is 0.266. The summed E-state index contributed by atoms with van der Waals surface area (Å²) in [5.74, 6) is -0.266. The lowest BCUT2D eigenvalue weighted by Gasteiger charge is -2.23. The van der Waals surface area contributed by atoms with E-state index in [1.165, 1.54) is 0 Å². The molecule has 2 nitrogen and oxygen atoms in total. The Morgan fingerprint density at radius 2 is 1.76 bits per heavy atom. The van der Waals surface area contributed by atoms with Crippen LogP contribution in [0.25, 0.3) is 0 Å². The van der Waals surface area contributed by atoms with Gasteiger partial charge in [0.15, 0.2) is 0 Å². The molecule has 2 atom stereocenters. The Morgan fingerprint density at radius 3 is 2.33 bits per heavy atom. The first-order chi connectivity index (χ1) is 9.93. The SMILES string of the molecule is NCC(c1ccc(Cl)c(Cl)c1)C(O)c1ccc(Br)cc1Br. The molecule has 0 spiro atoms. The number of aliphatic hydroxyl groups is 1. The minimum atomic E-state index is -0.741. The van der Waals surface area contributed by atoms with Gasteiger partial charge in [-0.2, -0.15) is 0 Å². The van der Waals surface area contributed by atoms with Crippen molar-refractivity contribution in [3.63, 3.8) is 0 Å². The van der Waals surface area contributed by atoms with Crippen molar-refractivity contribution in [1.29, 1.82) is 0 Å². The highest BCUT2D eigenvalue weighted by atomic mass is 79.9. The van der Waals surface area contributed by atoms with Gasteiger partial charge in [0, 0.05) is 21.4 Å². The maximum Gasteiger partial charge on any atom is 0.0881 e. The maximum atomic E-state index is 10.7. The van der Waals surface area contributed by atoms with E-state index < -0.39 is 6.10 Å². The van der Waals surface area contributed by atoms with Crippen molar-refractivity contribution < 1.29 is 5.11 Å². The summed E-state index contributed by atoms with van der Waals surface area (Å²) in [6.45, 7) is 0.293. The highest BCUT2D eigenvalue weighted by Gasteiger charge is 2.24. The highest BCUT2D eigenvalue weighted by Crippen LogP contribution is 2.37. The van der Waals surface area contributed by atoms with Gasteiger partial charge in [0.2, 0.25) is 0 Å². The molecule has 0 aliphatic carbocycles. The fraction of sp³-hybridized carbons (Fsp3) is 0.200. The molecule has 3 N–H and O–H groups in total. The lowest BCUT2D eigenvalue weighted by atomic mass is 9.89. The maximum absolute atomic E-state index is 10.7. The topological polar surface area (TPSA) is 46.2 Å². The summed E-state index contributed by atoms with van der Waals surface area (Å²) in [6, 6.07) is 10.9. The van der Waals surface area contributed by atoms with Crippen molar-refractivity contribution in [2.45, 2.75) is 12.0 Å². The lowest BCUT2D eigenvalue weighted by molar-refractivity contribution is 0.146. The summed E-state index contributed by atoms with van der Waals surface area (Å²) in [7, 11) is 0. The third-order valence-electron chi connectivity index (χ3n) is 3.29. The van der Waals surface area contributed by atoms with E-state index >= 15 is 0 Å². The average Bonchev–Trinajstić information content (AvgIpc) is 2.43. The van der Waals surface area contributed by atoms with Crippen LogP contribution < -0.4 is 5.73 Å². The molecule has 0 fully saturated rings. The van der Waals surface area contributed by atoms with Crippen LogP contribution in [0.5, 0.6) is 0 Å². The van der Waals surface area contributed by atoms with Gasteiger partial charge in [-0.3, -0.25) is 0 Å². The fourth-order valence-corrected chi connectivity index (χ4v) is 3.74. The van der Waals surface area contributed by atoms with Crippen LogP contribution in [-0.4, -0.2) is 11.7 Å². The molecule has 0 radical (unpaired) electrons. The molecule has 112 valence electrons. The molecule has 2 unspecified atom stereocenters. The van der Waals surface area contributed by atoms with Crippen LogP contribution in [0.4, 0.5) is 0 Å². The number of benzene rings is 2. The zero-order chi connectivity index (χ0) is 15.6. The fourth-order valence-electron chi connectivity index (χ4n) is 2.15. The van der Waals surface area contributed by atoms with Gasteiger partial charge < -0.3 is 10.8 Å². The molecule has 0 aliphatic rings. The van der Waals surface area contributed by atoms with Crippen molar-refractivity contribution in [3.8, 4) is 0 Å². The van der Waals surface area contributed by atoms with Gasteiger partial charge in [-0.05, 0) is 35.4 Å². The summed E-state index contributed by atoms with van der Waals surface area (Å²) in [6.07, 6.45) is -0.741. The number of rotatable bonds is 4. The molecule has 21 heavy (non-hydrogen) atoms. The van der Waals surface area contributed by atoms with Gasteiger partial charge in [-0.25, -0.2) is 0 Å². The number of aliphatic hydroxyl groups excluding tert-OH is 1. The van der Waals surface area contributed by atoms with Gasteiger partial charge in [-0.1, -0.05) is 67.2 Å². The predicted molar refractivity (Wildman–Crippen MR) is 95.1 cm³/mol. The van der Waals surface area contributed by atoms with Crippen LogP contribution in [0.2, 0.25) is 10.0 Å². The van der Waals surface area contributed by atoms with Gasteiger partial charge in [0.05, 0.1) is 16.1 Å². The number of hydrogen-bond acceptors (Lipinski definition) is 2. The molecule has 2 aromatic carbocycles. The molecule has 6 heteroatoms. The molecule has 0 heterocycles. The molecule has 0 bridgehead atoms. The van der Waals surface area contributed by atoms with E-state index in [9.17, 15) is 5.11 Å². The summed E-state index contributed by atoms with van der Waals surface area (Å²) in [4.78, 5) is 0. The van der Waals surface area contributed by atoms with Crippen LogP contribution in [-0.2, 0) is 0 Å². The summed E-state index contributed by atoms with van der Waals surface area (Å²) < 4.78 is 1.76. The average molecular weight is 454 g/mol. The Labute approximate surface area is 150 Å². The molecule has 2 rings (SSSR count). The van der Waals surface area contributed by atoms with Gasteiger partial charge in [0.1, 0.15) is 0 Å². The van der Waals surface area contributed by atoms with E-state index in [0.717, 1.165) is 20.1 Å². The van der Waals surface area contributed by atoms with Crippen LogP contribution in [0.1, 0.15) is 23.1 Å². The van der Waals surface area contributed by atoms with Crippen molar-refractivity contribution >= 4 is 55.1 Å². The Morgan fingerprint density at radius 1 is 1.05 bits per heavy atom. The van der Waals surface area contributed by atoms with E-state index in [0.29, 0.717) is 16.6 Å². The second-order valence-corrected chi connectivity index (χ2v) is 7.21. The first kappa shape index (κ1) is 17.3. The smallest absolute Gasteiger partial charge is 0.0881 e. The zero-order valence-corrected chi connectivity index (χ0v) is 15.5. The van der Waals surface area contributed by atoms with Crippen LogP contribution >= 0.6 is 55.1 Å².